The lowest BCUT2D eigenvalue weighted by Crippen LogP contribution is -2.44. The molecule has 0 atom stereocenters. The van der Waals surface area contributed by atoms with Crippen LogP contribution in [0.25, 0.3) is 0 Å². The average Bonchev–Trinajstić information content (AvgIpc) is 2.69. The molecule has 0 fully saturated rings. The molecule has 0 unspecified atom stereocenters. The molecule has 2 aromatic rings. The van der Waals surface area contributed by atoms with Crippen molar-refractivity contribution in [3.05, 3.63) is 59.7 Å². The number of hydrogen-bond donors (Lipinski definition) is 2. The van der Waals surface area contributed by atoms with Crippen molar-refractivity contribution in [2.75, 3.05) is 10.6 Å². The molecule has 2 aromatic carbocycles. The molecular formula is C27H40N4O2. The van der Waals surface area contributed by atoms with Crippen LogP contribution < -0.4 is 10.6 Å². The van der Waals surface area contributed by atoms with Crippen molar-refractivity contribution in [1.82, 2.24) is 9.80 Å². The lowest BCUT2D eigenvalue weighted by Gasteiger charge is -2.30. The molecule has 6 heteroatoms. The first-order chi connectivity index (χ1) is 15.5. The highest BCUT2D eigenvalue weighted by Crippen LogP contribution is 2.18. The van der Waals surface area contributed by atoms with Crippen LogP contribution >= 0.6 is 0 Å². The molecule has 0 aliphatic heterocycles. The zero-order valence-electron chi connectivity index (χ0n) is 21.3. The Morgan fingerprint density at radius 3 is 1.09 bits per heavy atom. The third-order valence-corrected chi connectivity index (χ3v) is 5.51. The first-order valence-corrected chi connectivity index (χ1v) is 11.9. The van der Waals surface area contributed by atoms with E-state index in [0.717, 1.165) is 28.9 Å². The van der Waals surface area contributed by atoms with E-state index >= 15 is 0 Å². The predicted molar refractivity (Wildman–Crippen MR) is 138 cm³/mol. The SMILES string of the molecule is CC(C)N(C(=O)Nc1ccc(Cc2ccc(NC(=O)N(C(C)C)C(C)C)cc2)cc1)C(C)C. The van der Waals surface area contributed by atoms with Crippen LogP contribution in [-0.2, 0) is 6.42 Å². The topological polar surface area (TPSA) is 64.7 Å². The number of nitrogens with zero attached hydrogens (tertiary/aromatic N) is 2. The summed E-state index contributed by atoms with van der Waals surface area (Å²) in [5.74, 6) is 0. The molecule has 180 valence electrons. The van der Waals surface area contributed by atoms with Crippen LogP contribution in [0.5, 0.6) is 0 Å². The van der Waals surface area contributed by atoms with E-state index in [0.29, 0.717) is 0 Å². The van der Waals surface area contributed by atoms with E-state index < -0.39 is 0 Å². The lowest BCUT2D eigenvalue weighted by molar-refractivity contribution is 0.177. The summed E-state index contributed by atoms with van der Waals surface area (Å²) in [5.41, 5.74) is 3.88. The summed E-state index contributed by atoms with van der Waals surface area (Å²) in [6.07, 6.45) is 0.774. The Hall–Kier alpha value is -3.02. The zero-order chi connectivity index (χ0) is 24.7. The summed E-state index contributed by atoms with van der Waals surface area (Å²) in [5, 5.41) is 5.98. The van der Waals surface area contributed by atoms with Crippen LogP contribution in [0.15, 0.2) is 48.5 Å². The number of hydrogen-bond acceptors (Lipinski definition) is 2. The second-order valence-electron chi connectivity index (χ2n) is 9.62. The van der Waals surface area contributed by atoms with Gasteiger partial charge in [0.15, 0.2) is 0 Å². The van der Waals surface area contributed by atoms with Gasteiger partial charge in [-0.25, -0.2) is 9.59 Å². The quantitative estimate of drug-likeness (QED) is 0.475. The van der Waals surface area contributed by atoms with Crippen molar-refractivity contribution in [1.29, 1.82) is 0 Å². The Kier molecular flexibility index (Phi) is 9.32. The van der Waals surface area contributed by atoms with Gasteiger partial charge in [0.1, 0.15) is 0 Å². The van der Waals surface area contributed by atoms with E-state index in [1.165, 1.54) is 0 Å². The molecule has 2 N–H and O–H groups in total. The maximum absolute atomic E-state index is 12.6. The molecule has 0 radical (unpaired) electrons. The summed E-state index contributed by atoms with van der Waals surface area (Å²) < 4.78 is 0. The van der Waals surface area contributed by atoms with Gasteiger partial charge in [-0.1, -0.05) is 24.3 Å². The molecule has 0 aliphatic rings. The van der Waals surface area contributed by atoms with Crippen LogP contribution in [0.2, 0.25) is 0 Å². The fourth-order valence-corrected chi connectivity index (χ4v) is 4.15. The highest BCUT2D eigenvalue weighted by molar-refractivity contribution is 5.90. The minimum atomic E-state index is -0.0844. The fraction of sp³-hybridized carbons (Fsp3) is 0.481. The summed E-state index contributed by atoms with van der Waals surface area (Å²) in [6.45, 7) is 16.1. The van der Waals surface area contributed by atoms with Crippen LogP contribution in [0, 0.1) is 0 Å². The third-order valence-electron chi connectivity index (χ3n) is 5.51. The molecule has 0 aromatic heterocycles. The maximum atomic E-state index is 12.6. The molecule has 4 amide bonds. The second-order valence-corrected chi connectivity index (χ2v) is 9.62. The van der Waals surface area contributed by atoms with Gasteiger partial charge < -0.3 is 20.4 Å². The van der Waals surface area contributed by atoms with E-state index in [-0.39, 0.29) is 36.2 Å². The van der Waals surface area contributed by atoms with Crippen molar-refractivity contribution < 1.29 is 9.59 Å². The number of nitrogens with one attached hydrogen (secondary N) is 2. The smallest absolute Gasteiger partial charge is 0.320 e. The van der Waals surface area contributed by atoms with Gasteiger partial charge in [0, 0.05) is 35.5 Å². The monoisotopic (exact) mass is 452 g/mol. The van der Waals surface area contributed by atoms with Crippen LogP contribution in [-0.4, -0.2) is 46.0 Å². The highest BCUT2D eigenvalue weighted by Gasteiger charge is 2.21. The Morgan fingerprint density at radius 1 is 0.576 bits per heavy atom. The largest absolute Gasteiger partial charge is 0.322 e. The van der Waals surface area contributed by atoms with Crippen molar-refractivity contribution in [3.8, 4) is 0 Å². The van der Waals surface area contributed by atoms with Crippen molar-refractivity contribution >= 4 is 23.4 Å². The van der Waals surface area contributed by atoms with Crippen molar-refractivity contribution in [3.63, 3.8) is 0 Å². The summed E-state index contributed by atoms with van der Waals surface area (Å²) in [4.78, 5) is 28.8. The van der Waals surface area contributed by atoms with E-state index in [2.05, 4.69) is 10.6 Å². The van der Waals surface area contributed by atoms with Gasteiger partial charge in [0.05, 0.1) is 0 Å². The Balaban J connectivity index is 1.97. The first-order valence-electron chi connectivity index (χ1n) is 11.9. The number of carbonyl (C=O) groups excluding carboxylic acids is 2. The van der Waals surface area contributed by atoms with Crippen molar-refractivity contribution in [2.24, 2.45) is 0 Å². The molecule has 6 nitrogen and oxygen atoms in total. The molecule has 0 saturated carbocycles. The number of benzene rings is 2. The summed E-state index contributed by atoms with van der Waals surface area (Å²) in [7, 11) is 0. The number of carbonyl (C=O) groups is 2. The van der Waals surface area contributed by atoms with E-state index in [1.54, 1.807) is 0 Å². The highest BCUT2D eigenvalue weighted by atomic mass is 16.2. The van der Waals surface area contributed by atoms with E-state index in [9.17, 15) is 9.59 Å². The summed E-state index contributed by atoms with van der Waals surface area (Å²) >= 11 is 0. The van der Waals surface area contributed by atoms with Crippen LogP contribution in [0.3, 0.4) is 0 Å². The van der Waals surface area contributed by atoms with Gasteiger partial charge in [0.25, 0.3) is 0 Å². The molecule has 2 rings (SSSR count). The zero-order valence-corrected chi connectivity index (χ0v) is 21.3. The van der Waals surface area contributed by atoms with Crippen LogP contribution in [0.1, 0.15) is 66.5 Å². The molecule has 0 saturated heterocycles. The Bertz CT molecular complexity index is 811. The normalized spacial score (nSPS) is 11.3. The van der Waals surface area contributed by atoms with Gasteiger partial charge in [-0.05, 0) is 97.2 Å². The van der Waals surface area contributed by atoms with Gasteiger partial charge >= 0.3 is 12.1 Å². The molecule has 0 spiro atoms. The average molecular weight is 453 g/mol. The molecular weight excluding hydrogens is 412 g/mol. The molecule has 0 heterocycles. The fourth-order valence-electron chi connectivity index (χ4n) is 4.15. The maximum Gasteiger partial charge on any atom is 0.322 e. The van der Waals surface area contributed by atoms with E-state index in [1.807, 2.05) is 114 Å². The summed E-state index contributed by atoms with van der Waals surface area (Å²) in [6, 6.07) is 16.2. The molecule has 33 heavy (non-hydrogen) atoms. The number of urea groups is 2. The van der Waals surface area contributed by atoms with E-state index in [4.69, 9.17) is 0 Å². The second kappa shape index (κ2) is 11.7. The predicted octanol–water partition coefficient (Wildman–Crippen LogP) is 6.58. The van der Waals surface area contributed by atoms with Gasteiger partial charge in [-0.3, -0.25) is 0 Å². The Labute approximate surface area is 199 Å². The number of anilines is 2. The first kappa shape index (κ1) is 26.2. The third kappa shape index (κ3) is 7.52. The van der Waals surface area contributed by atoms with Crippen LogP contribution in [0.4, 0.5) is 21.0 Å². The lowest BCUT2D eigenvalue weighted by atomic mass is 10.0. The van der Waals surface area contributed by atoms with Crippen molar-refractivity contribution in [2.45, 2.75) is 86.0 Å². The molecule has 0 bridgehead atoms. The van der Waals surface area contributed by atoms with Gasteiger partial charge in [-0.15, -0.1) is 0 Å². The van der Waals surface area contributed by atoms with Gasteiger partial charge in [0.2, 0.25) is 0 Å². The minimum absolute atomic E-state index is 0.0844. The standard InChI is InChI=1S/C27H40N4O2/c1-18(2)30(19(3)4)26(32)28-24-13-9-22(10-14-24)17-23-11-15-25(16-12-23)29-27(33)31(20(5)6)21(7)8/h9-16,18-21H,17H2,1-8H3,(H,28,32)(H,29,33). The minimum Gasteiger partial charge on any atom is -0.320 e. The number of rotatable bonds is 8. The van der Waals surface area contributed by atoms with Gasteiger partial charge in [-0.2, -0.15) is 0 Å². The molecule has 0 aliphatic carbocycles. The Morgan fingerprint density at radius 2 is 0.848 bits per heavy atom. The number of amides is 4.